The second-order valence-corrected chi connectivity index (χ2v) is 4.96. The summed E-state index contributed by atoms with van der Waals surface area (Å²) in [5, 5.41) is 3.34. The molecule has 2 aliphatic rings. The number of nitrogens with one attached hydrogen (secondary N) is 1. The fraction of sp³-hybridized carbons (Fsp3) is 0.769. The maximum absolute atomic E-state index is 12.0. The van der Waals surface area contributed by atoms with Crippen molar-refractivity contribution >= 4 is 18.3 Å². The molecule has 1 atom stereocenters. The lowest BCUT2D eigenvalue weighted by atomic mass is 10.0. The van der Waals surface area contributed by atoms with Crippen molar-refractivity contribution < 1.29 is 4.79 Å². The van der Waals surface area contributed by atoms with Crippen LogP contribution >= 0.6 is 12.4 Å². The zero-order valence-corrected chi connectivity index (χ0v) is 11.2. The summed E-state index contributed by atoms with van der Waals surface area (Å²) in [5.41, 5.74) is 0. The Morgan fingerprint density at radius 2 is 2.18 bits per heavy atom. The summed E-state index contributed by atoms with van der Waals surface area (Å²) in [4.78, 5) is 14.0. The molecule has 0 spiro atoms. The van der Waals surface area contributed by atoms with Crippen LogP contribution in [-0.2, 0) is 4.79 Å². The quantitative estimate of drug-likeness (QED) is 0.739. The molecule has 1 saturated heterocycles. The monoisotopic (exact) mass is 258 g/mol. The topological polar surface area (TPSA) is 32.3 Å². The Balaban J connectivity index is 0.00000144. The molecule has 0 bridgehead atoms. The third kappa shape index (κ3) is 4.32. The molecular formula is C13H23ClN2O. The molecular weight excluding hydrogens is 236 g/mol. The lowest BCUT2D eigenvalue weighted by Gasteiger charge is -2.21. The van der Waals surface area contributed by atoms with Crippen LogP contribution in [-0.4, -0.2) is 36.5 Å². The van der Waals surface area contributed by atoms with Gasteiger partial charge in [-0.1, -0.05) is 6.08 Å². The Morgan fingerprint density at radius 3 is 2.71 bits per heavy atom. The van der Waals surface area contributed by atoms with Gasteiger partial charge in [0, 0.05) is 19.0 Å². The molecule has 0 aromatic rings. The van der Waals surface area contributed by atoms with Crippen molar-refractivity contribution in [3.8, 4) is 0 Å². The van der Waals surface area contributed by atoms with E-state index in [4.69, 9.17) is 0 Å². The fourth-order valence-electron chi connectivity index (χ4n) is 2.41. The molecule has 0 radical (unpaired) electrons. The van der Waals surface area contributed by atoms with Crippen LogP contribution in [0.2, 0.25) is 0 Å². The molecule has 1 amide bonds. The molecule has 0 aromatic carbocycles. The van der Waals surface area contributed by atoms with E-state index in [-0.39, 0.29) is 12.4 Å². The Bertz CT molecular complexity index is 260. The van der Waals surface area contributed by atoms with E-state index in [2.05, 4.69) is 11.9 Å². The van der Waals surface area contributed by atoms with Gasteiger partial charge in [0.05, 0.1) is 0 Å². The van der Waals surface area contributed by atoms with E-state index in [0.29, 0.717) is 17.9 Å². The molecule has 1 N–H and O–H groups in total. The molecule has 0 aromatic heterocycles. The van der Waals surface area contributed by atoms with Crippen molar-refractivity contribution in [3.05, 3.63) is 12.7 Å². The smallest absolute Gasteiger partial charge is 0.223 e. The Hall–Kier alpha value is -0.540. The van der Waals surface area contributed by atoms with Crippen LogP contribution in [0.25, 0.3) is 0 Å². The van der Waals surface area contributed by atoms with E-state index in [0.717, 1.165) is 32.5 Å². The maximum Gasteiger partial charge on any atom is 0.223 e. The molecule has 4 heteroatoms. The predicted octanol–water partition coefficient (Wildman–Crippen LogP) is 1.97. The van der Waals surface area contributed by atoms with Gasteiger partial charge in [-0.25, -0.2) is 0 Å². The van der Waals surface area contributed by atoms with E-state index in [1.54, 1.807) is 0 Å². The van der Waals surface area contributed by atoms with Gasteiger partial charge in [0.15, 0.2) is 0 Å². The molecule has 1 aliphatic heterocycles. The molecule has 98 valence electrons. The number of nitrogens with zero attached hydrogens (tertiary/aromatic N) is 1. The first-order chi connectivity index (χ1) is 7.81. The average molecular weight is 259 g/mol. The molecule has 2 rings (SSSR count). The van der Waals surface area contributed by atoms with Crippen LogP contribution in [0.3, 0.4) is 0 Å². The van der Waals surface area contributed by atoms with Gasteiger partial charge in [-0.15, -0.1) is 19.0 Å². The normalized spacial score (nSPS) is 22.9. The molecule has 1 aliphatic carbocycles. The standard InChI is InChI=1S/C13H22N2O.ClH/c1-2-9-15(12-4-5-12)13(16)6-3-11-7-8-14-10-11;/h2,11-12,14H,1,3-10H2;1H. The van der Waals surface area contributed by atoms with Crippen molar-refractivity contribution in [3.63, 3.8) is 0 Å². The van der Waals surface area contributed by atoms with Gasteiger partial charge < -0.3 is 10.2 Å². The first-order valence-corrected chi connectivity index (χ1v) is 6.42. The van der Waals surface area contributed by atoms with Crippen LogP contribution in [0.4, 0.5) is 0 Å². The average Bonchev–Trinajstić information content (AvgIpc) is 2.99. The Morgan fingerprint density at radius 1 is 1.41 bits per heavy atom. The van der Waals surface area contributed by atoms with Gasteiger partial charge >= 0.3 is 0 Å². The largest absolute Gasteiger partial charge is 0.336 e. The summed E-state index contributed by atoms with van der Waals surface area (Å²) in [6.45, 7) is 6.67. The van der Waals surface area contributed by atoms with Crippen LogP contribution in [0.15, 0.2) is 12.7 Å². The maximum atomic E-state index is 12.0. The number of rotatable bonds is 6. The summed E-state index contributed by atoms with van der Waals surface area (Å²) >= 11 is 0. The Labute approximate surface area is 110 Å². The van der Waals surface area contributed by atoms with E-state index in [1.165, 1.54) is 19.3 Å². The number of hydrogen-bond acceptors (Lipinski definition) is 2. The van der Waals surface area contributed by atoms with E-state index >= 15 is 0 Å². The molecule has 1 unspecified atom stereocenters. The van der Waals surface area contributed by atoms with Gasteiger partial charge in [-0.2, -0.15) is 0 Å². The highest BCUT2D eigenvalue weighted by atomic mass is 35.5. The van der Waals surface area contributed by atoms with E-state index < -0.39 is 0 Å². The van der Waals surface area contributed by atoms with Crippen LogP contribution in [0.5, 0.6) is 0 Å². The first-order valence-electron chi connectivity index (χ1n) is 6.42. The minimum atomic E-state index is 0. The lowest BCUT2D eigenvalue weighted by molar-refractivity contribution is -0.131. The van der Waals surface area contributed by atoms with Crippen molar-refractivity contribution in [2.24, 2.45) is 5.92 Å². The van der Waals surface area contributed by atoms with Crippen LogP contribution in [0, 0.1) is 5.92 Å². The first kappa shape index (κ1) is 14.5. The zero-order valence-electron chi connectivity index (χ0n) is 10.4. The van der Waals surface area contributed by atoms with E-state index in [9.17, 15) is 4.79 Å². The molecule has 1 saturated carbocycles. The lowest BCUT2D eigenvalue weighted by Crippen LogP contribution is -2.33. The number of amides is 1. The Kier molecular flexibility index (Phi) is 6.00. The van der Waals surface area contributed by atoms with Gasteiger partial charge in [-0.3, -0.25) is 4.79 Å². The fourth-order valence-corrected chi connectivity index (χ4v) is 2.41. The highest BCUT2D eigenvalue weighted by Gasteiger charge is 2.31. The van der Waals surface area contributed by atoms with Crippen molar-refractivity contribution in [2.75, 3.05) is 19.6 Å². The van der Waals surface area contributed by atoms with Gasteiger partial charge in [-0.05, 0) is 44.7 Å². The number of halogens is 1. The molecule has 1 heterocycles. The SMILES string of the molecule is C=CCN(C(=O)CCC1CCNC1)C1CC1.Cl. The van der Waals surface area contributed by atoms with Crippen molar-refractivity contribution in [1.82, 2.24) is 10.2 Å². The summed E-state index contributed by atoms with van der Waals surface area (Å²) in [5.74, 6) is 1.04. The number of carbonyl (C=O) groups is 1. The molecule has 2 fully saturated rings. The van der Waals surface area contributed by atoms with Crippen molar-refractivity contribution in [2.45, 2.75) is 38.1 Å². The van der Waals surface area contributed by atoms with Gasteiger partial charge in [0.2, 0.25) is 5.91 Å². The minimum absolute atomic E-state index is 0. The summed E-state index contributed by atoms with van der Waals surface area (Å²) in [6, 6.07) is 0.521. The van der Waals surface area contributed by atoms with E-state index in [1.807, 2.05) is 11.0 Å². The summed E-state index contributed by atoms with van der Waals surface area (Å²) in [6.07, 6.45) is 7.21. The summed E-state index contributed by atoms with van der Waals surface area (Å²) < 4.78 is 0. The van der Waals surface area contributed by atoms with Gasteiger partial charge in [0.25, 0.3) is 0 Å². The predicted molar refractivity (Wildman–Crippen MR) is 72.4 cm³/mol. The third-order valence-corrected chi connectivity index (χ3v) is 3.56. The second-order valence-electron chi connectivity index (χ2n) is 4.96. The molecule has 3 nitrogen and oxygen atoms in total. The highest BCUT2D eigenvalue weighted by Crippen LogP contribution is 2.28. The third-order valence-electron chi connectivity index (χ3n) is 3.56. The summed E-state index contributed by atoms with van der Waals surface area (Å²) in [7, 11) is 0. The number of hydrogen-bond donors (Lipinski definition) is 1. The highest BCUT2D eigenvalue weighted by molar-refractivity contribution is 5.85. The number of carbonyl (C=O) groups excluding carboxylic acids is 1. The second kappa shape index (κ2) is 7.02. The molecule has 17 heavy (non-hydrogen) atoms. The minimum Gasteiger partial charge on any atom is -0.336 e. The van der Waals surface area contributed by atoms with Crippen LogP contribution in [0.1, 0.15) is 32.1 Å². The zero-order chi connectivity index (χ0) is 11.4. The van der Waals surface area contributed by atoms with Crippen LogP contribution < -0.4 is 5.32 Å². The van der Waals surface area contributed by atoms with Crippen molar-refractivity contribution in [1.29, 1.82) is 0 Å². The van der Waals surface area contributed by atoms with Gasteiger partial charge in [0.1, 0.15) is 0 Å².